The van der Waals surface area contributed by atoms with Crippen LogP contribution in [0.2, 0.25) is 0 Å². The summed E-state index contributed by atoms with van der Waals surface area (Å²) in [4.78, 5) is 4.16. The van der Waals surface area contributed by atoms with Gasteiger partial charge in [0.25, 0.3) is 0 Å². The van der Waals surface area contributed by atoms with E-state index in [0.717, 1.165) is 24.1 Å². The van der Waals surface area contributed by atoms with Crippen molar-refractivity contribution in [2.45, 2.75) is 37.1 Å². The minimum absolute atomic E-state index is 0.449. The van der Waals surface area contributed by atoms with Crippen LogP contribution in [0.3, 0.4) is 0 Å². The summed E-state index contributed by atoms with van der Waals surface area (Å²) in [6, 6.07) is 5.94. The van der Waals surface area contributed by atoms with Gasteiger partial charge >= 0.3 is 0 Å². The summed E-state index contributed by atoms with van der Waals surface area (Å²) in [5.74, 6) is -0.449. The fourth-order valence-corrected chi connectivity index (χ4v) is 3.41. The predicted octanol–water partition coefficient (Wildman–Crippen LogP) is 1.84. The fourth-order valence-electron chi connectivity index (χ4n) is 3.41. The zero-order chi connectivity index (χ0) is 13.6. The van der Waals surface area contributed by atoms with Crippen LogP contribution in [-0.2, 0) is 15.1 Å². The molecule has 0 bridgehead atoms. The summed E-state index contributed by atoms with van der Waals surface area (Å²) >= 11 is 0. The molecule has 1 spiro atoms. The highest BCUT2D eigenvalue weighted by Crippen LogP contribution is 2.44. The van der Waals surface area contributed by atoms with Crippen molar-refractivity contribution in [2.24, 2.45) is 0 Å². The predicted molar refractivity (Wildman–Crippen MR) is 72.2 cm³/mol. The van der Waals surface area contributed by atoms with Crippen molar-refractivity contribution in [2.75, 3.05) is 13.2 Å². The maximum atomic E-state index is 11.0. The van der Waals surface area contributed by atoms with Gasteiger partial charge < -0.3 is 19.0 Å². The zero-order valence-electron chi connectivity index (χ0n) is 11.3. The maximum absolute atomic E-state index is 11.0. The lowest BCUT2D eigenvalue weighted by Crippen LogP contribution is -2.42. The van der Waals surface area contributed by atoms with Crippen LogP contribution < -0.4 is 0 Å². The minimum atomic E-state index is -0.833. The second-order valence-electron chi connectivity index (χ2n) is 5.74. The summed E-state index contributed by atoms with van der Waals surface area (Å²) in [7, 11) is 0. The smallest absolute Gasteiger partial charge is 0.168 e. The molecule has 0 aromatic carbocycles. The van der Waals surface area contributed by atoms with Gasteiger partial charge in [-0.2, -0.15) is 0 Å². The van der Waals surface area contributed by atoms with Gasteiger partial charge in [0.1, 0.15) is 5.60 Å². The van der Waals surface area contributed by atoms with Crippen LogP contribution >= 0.6 is 0 Å². The molecule has 2 aromatic heterocycles. The molecule has 1 N–H and O–H groups in total. The number of fused-ring (bicyclic) bond motifs is 1. The standard InChI is InChI=1S/C15H18N2O3/c18-14(4-6-15(7-5-14)19-8-9-20-15)13-3-1-2-12-10-16-11-17(12)13/h1-3,10-11,18H,4-9H2. The molecule has 1 aliphatic heterocycles. The monoisotopic (exact) mass is 274 g/mol. The molecule has 1 saturated heterocycles. The molecule has 0 radical (unpaired) electrons. The third-order valence-electron chi connectivity index (χ3n) is 4.58. The number of aliphatic hydroxyl groups is 1. The number of hydrogen-bond acceptors (Lipinski definition) is 4. The lowest BCUT2D eigenvalue weighted by atomic mass is 9.79. The Hall–Kier alpha value is -1.43. The van der Waals surface area contributed by atoms with Crippen molar-refractivity contribution < 1.29 is 14.6 Å². The first-order valence-corrected chi connectivity index (χ1v) is 7.13. The largest absolute Gasteiger partial charge is 0.384 e. The number of nitrogens with zero attached hydrogens (tertiary/aromatic N) is 2. The van der Waals surface area contributed by atoms with Gasteiger partial charge in [-0.25, -0.2) is 4.98 Å². The van der Waals surface area contributed by atoms with Gasteiger partial charge in [-0.1, -0.05) is 6.07 Å². The molecule has 0 amide bonds. The third kappa shape index (κ3) is 1.78. The fraction of sp³-hybridized carbons (Fsp3) is 0.533. The zero-order valence-corrected chi connectivity index (χ0v) is 11.3. The van der Waals surface area contributed by atoms with Gasteiger partial charge in [0.05, 0.1) is 36.9 Å². The molecule has 2 fully saturated rings. The van der Waals surface area contributed by atoms with Gasteiger partial charge in [-0.15, -0.1) is 0 Å². The summed E-state index contributed by atoms with van der Waals surface area (Å²) in [6.07, 6.45) is 6.31. The molecular weight excluding hydrogens is 256 g/mol. The molecule has 106 valence electrons. The van der Waals surface area contributed by atoms with Gasteiger partial charge in [0.15, 0.2) is 5.79 Å². The highest BCUT2D eigenvalue weighted by atomic mass is 16.7. The van der Waals surface area contributed by atoms with Crippen molar-refractivity contribution in [3.05, 3.63) is 36.4 Å². The van der Waals surface area contributed by atoms with E-state index in [9.17, 15) is 5.11 Å². The Bertz CT molecular complexity index is 621. The molecular formula is C15H18N2O3. The number of ether oxygens (including phenoxy) is 2. The number of imidazole rings is 1. The van der Waals surface area contributed by atoms with E-state index >= 15 is 0 Å². The average Bonchev–Trinajstić information content (AvgIpc) is 3.12. The molecule has 5 nitrogen and oxygen atoms in total. The quantitative estimate of drug-likeness (QED) is 0.862. The topological polar surface area (TPSA) is 56.0 Å². The summed E-state index contributed by atoms with van der Waals surface area (Å²) in [5, 5.41) is 11.0. The van der Waals surface area contributed by atoms with Gasteiger partial charge in [-0.05, 0) is 25.0 Å². The normalized spacial score (nSPS) is 24.4. The molecule has 3 heterocycles. The Labute approximate surface area is 117 Å². The molecule has 1 aliphatic carbocycles. The highest BCUT2D eigenvalue weighted by molar-refractivity contribution is 5.46. The second-order valence-corrected chi connectivity index (χ2v) is 5.74. The first-order chi connectivity index (χ1) is 9.71. The molecule has 20 heavy (non-hydrogen) atoms. The van der Waals surface area contributed by atoms with Crippen molar-refractivity contribution in [1.29, 1.82) is 0 Å². The van der Waals surface area contributed by atoms with Crippen molar-refractivity contribution >= 4 is 5.52 Å². The lowest BCUT2D eigenvalue weighted by molar-refractivity contribution is -0.205. The van der Waals surface area contributed by atoms with Gasteiger partial charge in [-0.3, -0.25) is 0 Å². The van der Waals surface area contributed by atoms with Crippen LogP contribution in [0.25, 0.3) is 5.52 Å². The maximum Gasteiger partial charge on any atom is 0.168 e. The van der Waals surface area contributed by atoms with Crippen molar-refractivity contribution in [3.63, 3.8) is 0 Å². The van der Waals surface area contributed by atoms with E-state index in [-0.39, 0.29) is 0 Å². The van der Waals surface area contributed by atoms with E-state index in [4.69, 9.17) is 9.47 Å². The molecule has 2 aromatic rings. The van der Waals surface area contributed by atoms with Crippen LogP contribution in [0.15, 0.2) is 30.7 Å². The SMILES string of the molecule is OC1(c2cccc3cncn23)CCC2(CC1)OCCO2. The molecule has 4 rings (SSSR count). The molecule has 0 atom stereocenters. The van der Waals surface area contributed by atoms with E-state index in [1.165, 1.54) is 0 Å². The van der Waals surface area contributed by atoms with E-state index in [1.807, 2.05) is 22.6 Å². The molecule has 5 heteroatoms. The molecule has 1 saturated carbocycles. The Morgan fingerprint density at radius 3 is 2.60 bits per heavy atom. The number of hydrogen-bond donors (Lipinski definition) is 1. The van der Waals surface area contributed by atoms with Crippen molar-refractivity contribution in [3.8, 4) is 0 Å². The van der Waals surface area contributed by atoms with Gasteiger partial charge in [0, 0.05) is 12.8 Å². The first kappa shape index (κ1) is 12.3. The van der Waals surface area contributed by atoms with Crippen LogP contribution in [0.5, 0.6) is 0 Å². The van der Waals surface area contributed by atoms with Crippen LogP contribution in [0, 0.1) is 0 Å². The Morgan fingerprint density at radius 1 is 1.10 bits per heavy atom. The molecule has 2 aliphatic rings. The van der Waals surface area contributed by atoms with E-state index in [1.54, 1.807) is 12.5 Å². The Balaban J connectivity index is 1.66. The Kier molecular flexibility index (Phi) is 2.64. The third-order valence-corrected chi connectivity index (χ3v) is 4.58. The molecule has 0 unspecified atom stereocenters. The highest BCUT2D eigenvalue weighted by Gasteiger charge is 2.46. The summed E-state index contributed by atoms with van der Waals surface area (Å²) < 4.78 is 13.4. The van der Waals surface area contributed by atoms with Crippen LogP contribution in [-0.4, -0.2) is 33.5 Å². The van der Waals surface area contributed by atoms with Crippen molar-refractivity contribution in [1.82, 2.24) is 9.38 Å². The average molecular weight is 274 g/mol. The lowest BCUT2D eigenvalue weighted by Gasteiger charge is -2.40. The summed E-state index contributed by atoms with van der Waals surface area (Å²) in [6.45, 7) is 1.32. The second kappa shape index (κ2) is 4.28. The van der Waals surface area contributed by atoms with E-state index in [2.05, 4.69) is 4.98 Å². The number of pyridine rings is 1. The first-order valence-electron chi connectivity index (χ1n) is 7.13. The Morgan fingerprint density at radius 2 is 1.85 bits per heavy atom. The van der Waals surface area contributed by atoms with Gasteiger partial charge in [0.2, 0.25) is 0 Å². The summed E-state index contributed by atoms with van der Waals surface area (Å²) in [5.41, 5.74) is 1.07. The number of aromatic nitrogens is 2. The minimum Gasteiger partial charge on any atom is -0.384 e. The van der Waals surface area contributed by atoms with E-state index in [0.29, 0.717) is 26.1 Å². The van der Waals surface area contributed by atoms with Crippen LogP contribution in [0.1, 0.15) is 31.4 Å². The van der Waals surface area contributed by atoms with E-state index < -0.39 is 11.4 Å². The van der Waals surface area contributed by atoms with Crippen LogP contribution in [0.4, 0.5) is 0 Å². The number of rotatable bonds is 1.